The van der Waals surface area contributed by atoms with Gasteiger partial charge in [0.25, 0.3) is 5.91 Å². The Morgan fingerprint density at radius 1 is 1.10 bits per heavy atom. The van der Waals surface area contributed by atoms with Crippen LogP contribution in [0.25, 0.3) is 0 Å². The Morgan fingerprint density at radius 2 is 1.73 bits per heavy atom. The summed E-state index contributed by atoms with van der Waals surface area (Å²) in [5, 5.41) is 21.2. The van der Waals surface area contributed by atoms with Gasteiger partial charge in [-0.15, -0.1) is 18.9 Å². The summed E-state index contributed by atoms with van der Waals surface area (Å²) < 4.78 is 2.40. The van der Waals surface area contributed by atoms with E-state index >= 15 is 0 Å². The Morgan fingerprint density at radius 3 is 2.24 bits per heavy atom. The average Bonchev–Trinajstić information content (AvgIpc) is 3.25. The maximum absolute atomic E-state index is 14.4. The number of ketones is 1. The third-order valence-corrected chi connectivity index (χ3v) is 9.82. The van der Waals surface area contributed by atoms with Crippen molar-refractivity contribution in [2.75, 3.05) is 13.1 Å². The number of imidazole rings is 1. The van der Waals surface area contributed by atoms with Crippen LogP contribution in [0.5, 0.6) is 5.88 Å². The van der Waals surface area contributed by atoms with Crippen LogP contribution in [-0.2, 0) is 32.8 Å². The number of likely N-dealkylation sites (tertiary alicyclic amines) is 1. The highest BCUT2D eigenvalue weighted by Crippen LogP contribution is 2.65. The molecule has 1 saturated heterocycles. The van der Waals surface area contributed by atoms with E-state index in [1.165, 1.54) is 28.8 Å². The number of aromatic nitrogens is 2. The van der Waals surface area contributed by atoms with Gasteiger partial charge < -0.3 is 31.3 Å². The van der Waals surface area contributed by atoms with E-state index in [1.807, 2.05) is 34.6 Å². The summed E-state index contributed by atoms with van der Waals surface area (Å²) in [7, 11) is 1.51. The molecule has 0 aromatic carbocycles. The minimum absolute atomic E-state index is 0.0135. The van der Waals surface area contributed by atoms with Crippen LogP contribution in [0.4, 0.5) is 4.79 Å². The first kappa shape index (κ1) is 38.9. The third-order valence-electron chi connectivity index (χ3n) is 9.82. The number of hydrogen-bond donors (Lipinski definition) is 5. The van der Waals surface area contributed by atoms with Gasteiger partial charge in [-0.1, -0.05) is 61.5 Å². The van der Waals surface area contributed by atoms with E-state index in [0.717, 1.165) is 4.57 Å². The molecule has 2 heterocycles. The monoisotopic (exact) mass is 683 g/mol. The second kappa shape index (κ2) is 14.5. The lowest BCUT2D eigenvalue weighted by molar-refractivity contribution is -0.145. The molecule has 5 amide bonds. The van der Waals surface area contributed by atoms with Gasteiger partial charge in [0.05, 0.1) is 24.8 Å². The van der Waals surface area contributed by atoms with Gasteiger partial charge in [0.1, 0.15) is 12.1 Å². The summed E-state index contributed by atoms with van der Waals surface area (Å²) >= 11 is 0. The van der Waals surface area contributed by atoms with Crippen molar-refractivity contribution in [1.82, 2.24) is 35.3 Å². The minimum Gasteiger partial charge on any atom is -0.493 e. The maximum atomic E-state index is 14.4. The predicted octanol–water partition coefficient (Wildman–Crippen LogP) is 1.27. The van der Waals surface area contributed by atoms with Crippen molar-refractivity contribution in [1.29, 1.82) is 0 Å². The van der Waals surface area contributed by atoms with E-state index in [9.17, 15) is 33.9 Å². The Hall–Kier alpha value is -4.54. The Balaban J connectivity index is 1.86. The van der Waals surface area contributed by atoms with Gasteiger partial charge in [-0.3, -0.25) is 28.3 Å². The number of nitrogens with zero attached hydrogens (tertiary/aromatic N) is 3. The number of amides is 5. The van der Waals surface area contributed by atoms with Crippen molar-refractivity contribution in [3.63, 3.8) is 0 Å². The number of piperidine rings is 1. The van der Waals surface area contributed by atoms with Crippen LogP contribution in [0.15, 0.2) is 23.6 Å². The highest BCUT2D eigenvalue weighted by atomic mass is 16.3. The number of aromatic hydroxyl groups is 1. The summed E-state index contributed by atoms with van der Waals surface area (Å²) in [6.45, 7) is 18.9. The molecule has 0 radical (unpaired) electrons. The molecule has 1 aromatic rings. The SMILES string of the molecule is C#CCCC(NC(=O)C1[C@@H]2[C@H](CN1C(=O)[C@@H](NC(=O)N[C@H](Cn1c(O)cn(C)c1=O)C(C)(C)C)C(C)(C)C)C2(C)C)C(=O)C(=O)NCC=C. The molecule has 1 aliphatic carbocycles. The molecule has 14 heteroatoms. The summed E-state index contributed by atoms with van der Waals surface area (Å²) in [4.78, 5) is 81.4. The molecule has 2 unspecified atom stereocenters. The number of hydrogen-bond acceptors (Lipinski definition) is 7. The quantitative estimate of drug-likeness (QED) is 0.118. The number of terminal acetylenes is 1. The molecule has 1 aromatic heterocycles. The largest absolute Gasteiger partial charge is 0.493 e. The van der Waals surface area contributed by atoms with Crippen LogP contribution in [-0.4, -0.2) is 85.9 Å². The molecule has 2 fully saturated rings. The zero-order valence-corrected chi connectivity index (χ0v) is 30.2. The lowest BCUT2D eigenvalue weighted by Gasteiger charge is -2.38. The Labute approximate surface area is 288 Å². The number of rotatable bonds is 13. The zero-order valence-electron chi connectivity index (χ0n) is 30.2. The zero-order chi connectivity index (χ0) is 37.2. The summed E-state index contributed by atoms with van der Waals surface area (Å²) in [5.74, 6) is -0.766. The van der Waals surface area contributed by atoms with E-state index in [-0.39, 0.29) is 55.6 Å². The first-order valence-electron chi connectivity index (χ1n) is 16.6. The number of carbonyl (C=O) groups excluding carboxylic acids is 5. The van der Waals surface area contributed by atoms with Gasteiger partial charge >= 0.3 is 11.7 Å². The second-order valence-corrected chi connectivity index (χ2v) is 15.9. The first-order valence-corrected chi connectivity index (χ1v) is 16.6. The van der Waals surface area contributed by atoms with Gasteiger partial charge in [-0.05, 0) is 34.5 Å². The van der Waals surface area contributed by atoms with E-state index in [2.05, 4.69) is 33.8 Å². The molecule has 1 saturated carbocycles. The highest BCUT2D eigenvalue weighted by molar-refractivity contribution is 6.38. The topological polar surface area (TPSA) is 184 Å². The lowest BCUT2D eigenvalue weighted by Crippen LogP contribution is -2.62. The van der Waals surface area contributed by atoms with Crippen molar-refractivity contribution in [2.24, 2.45) is 35.1 Å². The maximum Gasteiger partial charge on any atom is 0.330 e. The fourth-order valence-corrected chi connectivity index (χ4v) is 6.60. The van der Waals surface area contributed by atoms with Crippen LogP contribution in [0.1, 0.15) is 68.2 Å². The van der Waals surface area contributed by atoms with Gasteiger partial charge in [-0.2, -0.15) is 0 Å². The minimum atomic E-state index is -1.19. The summed E-state index contributed by atoms with van der Waals surface area (Å²) in [5.41, 5.74) is -2.04. The first-order chi connectivity index (χ1) is 22.6. The number of urea groups is 1. The van der Waals surface area contributed by atoms with E-state index in [1.54, 1.807) is 20.8 Å². The fraction of sp³-hybridized carbons (Fsp3) is 0.657. The molecular weight excluding hydrogens is 630 g/mol. The molecular formula is C35H53N7O7. The van der Waals surface area contributed by atoms with Gasteiger partial charge in [0.2, 0.25) is 23.5 Å². The number of nitrogens with one attached hydrogen (secondary N) is 4. The van der Waals surface area contributed by atoms with E-state index in [0.29, 0.717) is 0 Å². The number of fused-ring (bicyclic) bond motifs is 1. The number of Topliss-reactive ketones (excluding diaryl/α,β-unsaturated/α-hetero) is 1. The van der Waals surface area contributed by atoms with E-state index in [4.69, 9.17) is 6.42 Å². The van der Waals surface area contributed by atoms with Crippen molar-refractivity contribution in [3.05, 3.63) is 29.3 Å². The molecule has 1 aliphatic heterocycles. The molecule has 270 valence electrons. The molecule has 5 N–H and O–H groups in total. The Kier molecular flexibility index (Phi) is 11.5. The van der Waals surface area contributed by atoms with Crippen LogP contribution in [0.3, 0.4) is 0 Å². The molecule has 0 bridgehead atoms. The van der Waals surface area contributed by atoms with Gasteiger partial charge in [-0.25, -0.2) is 9.59 Å². The Bertz CT molecular complexity index is 1570. The molecule has 0 spiro atoms. The molecule has 49 heavy (non-hydrogen) atoms. The van der Waals surface area contributed by atoms with Crippen LogP contribution < -0.4 is 27.0 Å². The summed E-state index contributed by atoms with van der Waals surface area (Å²) in [6, 6.07) is -4.50. The van der Waals surface area contributed by atoms with Crippen molar-refractivity contribution >= 4 is 29.5 Å². The molecule has 6 atom stereocenters. The standard InChI is InChI=1S/C35H53N7O7/c1-12-14-15-21(26(44)29(46)36-16-13-2)37-28(45)25-24-20(35(24,9)10)17-42(25)30(47)27(34(6,7)8)39-31(48)38-22(33(3,4)5)18-41-23(43)19-40(11)32(41)49/h1,13,19-22,24-25,27,43H,2,14-18H2,3-11H3,(H,36,46)(H,37,45)(H2,38,39,48)/t20-,21?,22+,24-,25?,27+/m0/s1. The lowest BCUT2D eigenvalue weighted by atomic mass is 9.85. The van der Waals surface area contributed by atoms with Crippen LogP contribution >= 0.6 is 0 Å². The van der Waals surface area contributed by atoms with Crippen molar-refractivity contribution in [3.8, 4) is 18.2 Å². The smallest absolute Gasteiger partial charge is 0.330 e. The molecule has 14 nitrogen and oxygen atoms in total. The number of carbonyl (C=O) groups is 5. The summed E-state index contributed by atoms with van der Waals surface area (Å²) in [6.07, 6.45) is 8.31. The van der Waals surface area contributed by atoms with E-state index < -0.39 is 70.2 Å². The number of aryl methyl sites for hydroxylation is 1. The third kappa shape index (κ3) is 8.55. The molecule has 2 aliphatic rings. The van der Waals surface area contributed by atoms with Crippen LogP contribution in [0, 0.1) is 40.4 Å². The van der Waals surface area contributed by atoms with Crippen LogP contribution in [0.2, 0.25) is 0 Å². The highest BCUT2D eigenvalue weighted by Gasteiger charge is 2.70. The average molecular weight is 684 g/mol. The molecule has 3 rings (SSSR count). The van der Waals surface area contributed by atoms with Gasteiger partial charge in [0.15, 0.2) is 0 Å². The van der Waals surface area contributed by atoms with Crippen molar-refractivity contribution < 1.29 is 29.1 Å². The van der Waals surface area contributed by atoms with Crippen molar-refractivity contribution in [2.45, 2.75) is 98.9 Å². The normalized spacial score (nSPS) is 21.3. The predicted molar refractivity (Wildman–Crippen MR) is 184 cm³/mol. The second-order valence-electron chi connectivity index (χ2n) is 15.9. The fourth-order valence-electron chi connectivity index (χ4n) is 6.60. The van der Waals surface area contributed by atoms with Gasteiger partial charge in [0, 0.05) is 26.6 Å².